The predicted molar refractivity (Wildman–Crippen MR) is 113 cm³/mol. The number of halogens is 2. The second-order valence-corrected chi connectivity index (χ2v) is 8.66. The lowest BCUT2D eigenvalue weighted by molar-refractivity contribution is 0.572. The van der Waals surface area contributed by atoms with Crippen LogP contribution in [0.5, 0.6) is 0 Å². The third kappa shape index (κ3) is 4.05. The summed E-state index contributed by atoms with van der Waals surface area (Å²) in [5, 5.41) is 10.6. The number of aromatic nitrogens is 1. The Morgan fingerprint density at radius 3 is 2.81 bits per heavy atom. The van der Waals surface area contributed by atoms with Crippen LogP contribution in [0.2, 0.25) is 10.0 Å². The van der Waals surface area contributed by atoms with Crippen molar-refractivity contribution >= 4 is 62.6 Å². The van der Waals surface area contributed by atoms with Gasteiger partial charge in [0.25, 0.3) is 0 Å². The molecule has 4 aromatic rings. The van der Waals surface area contributed by atoms with E-state index in [4.69, 9.17) is 27.6 Å². The Morgan fingerprint density at radius 2 is 2.00 bits per heavy atom. The van der Waals surface area contributed by atoms with Gasteiger partial charge < -0.3 is 4.42 Å². The van der Waals surface area contributed by atoms with Gasteiger partial charge in [0.2, 0.25) is 0 Å². The van der Waals surface area contributed by atoms with Crippen molar-refractivity contribution in [2.24, 2.45) is 0 Å². The first-order valence-electron chi connectivity index (χ1n) is 7.83. The SMILES string of the molecule is N#CC(=Cc1ccc(-c2cc(Cl)ccc2Cl)o1)Sc1nc2ccccc2s1. The summed E-state index contributed by atoms with van der Waals surface area (Å²) in [7, 11) is 0. The smallest absolute Gasteiger partial charge is 0.156 e. The second kappa shape index (κ2) is 7.79. The molecule has 0 saturated heterocycles. The number of fused-ring (bicyclic) bond motifs is 1. The number of furan rings is 1. The Bertz CT molecular complexity index is 1170. The number of benzene rings is 2. The highest BCUT2D eigenvalue weighted by Gasteiger charge is 2.11. The maximum atomic E-state index is 9.49. The average Bonchev–Trinajstić information content (AvgIpc) is 3.29. The summed E-state index contributed by atoms with van der Waals surface area (Å²) in [6.07, 6.45) is 1.69. The maximum absolute atomic E-state index is 9.49. The molecule has 0 aliphatic carbocycles. The molecule has 0 unspecified atom stereocenters. The van der Waals surface area contributed by atoms with E-state index >= 15 is 0 Å². The largest absolute Gasteiger partial charge is 0.457 e. The van der Waals surface area contributed by atoms with Crippen LogP contribution >= 0.6 is 46.3 Å². The van der Waals surface area contributed by atoms with E-state index in [0.29, 0.717) is 32.0 Å². The minimum atomic E-state index is 0.493. The van der Waals surface area contributed by atoms with Crippen LogP contribution in [0.1, 0.15) is 5.76 Å². The van der Waals surface area contributed by atoms with E-state index < -0.39 is 0 Å². The van der Waals surface area contributed by atoms with Crippen molar-refractivity contribution in [3.63, 3.8) is 0 Å². The molecule has 0 fully saturated rings. The molecule has 0 N–H and O–H groups in total. The fraction of sp³-hybridized carbons (Fsp3) is 0. The van der Waals surface area contributed by atoms with Gasteiger partial charge in [-0.1, -0.05) is 35.3 Å². The lowest BCUT2D eigenvalue weighted by Crippen LogP contribution is -1.77. The fourth-order valence-corrected chi connectivity index (χ4v) is 4.80. The first-order valence-corrected chi connectivity index (χ1v) is 10.2. The van der Waals surface area contributed by atoms with E-state index in [1.54, 1.807) is 47.7 Å². The molecule has 2 aromatic heterocycles. The van der Waals surface area contributed by atoms with Crippen LogP contribution in [0, 0.1) is 11.3 Å². The molecule has 0 atom stereocenters. The van der Waals surface area contributed by atoms with Gasteiger partial charge in [-0.25, -0.2) is 4.98 Å². The van der Waals surface area contributed by atoms with Crippen molar-refractivity contribution in [1.82, 2.24) is 4.98 Å². The minimum Gasteiger partial charge on any atom is -0.457 e. The van der Waals surface area contributed by atoms with Crippen molar-refractivity contribution < 1.29 is 4.42 Å². The summed E-state index contributed by atoms with van der Waals surface area (Å²) >= 11 is 15.1. The molecule has 132 valence electrons. The van der Waals surface area contributed by atoms with Gasteiger partial charge in [-0.15, -0.1) is 11.3 Å². The lowest BCUT2D eigenvalue weighted by Gasteiger charge is -2.01. The van der Waals surface area contributed by atoms with E-state index in [1.165, 1.54) is 11.8 Å². The number of hydrogen-bond acceptors (Lipinski definition) is 5. The number of rotatable bonds is 4. The quantitative estimate of drug-likeness (QED) is 0.249. The summed E-state index contributed by atoms with van der Waals surface area (Å²) in [5.74, 6) is 1.15. The first-order chi connectivity index (χ1) is 13.1. The highest BCUT2D eigenvalue weighted by Crippen LogP contribution is 2.36. The van der Waals surface area contributed by atoms with Gasteiger partial charge in [0.05, 0.1) is 20.1 Å². The molecular weight excluding hydrogens is 419 g/mol. The normalized spacial score (nSPS) is 11.7. The molecule has 0 aliphatic rings. The maximum Gasteiger partial charge on any atom is 0.156 e. The van der Waals surface area contributed by atoms with Crippen LogP contribution < -0.4 is 0 Å². The zero-order valence-electron chi connectivity index (χ0n) is 13.6. The highest BCUT2D eigenvalue weighted by atomic mass is 35.5. The van der Waals surface area contributed by atoms with Crippen LogP contribution in [-0.2, 0) is 0 Å². The van der Waals surface area contributed by atoms with E-state index in [2.05, 4.69) is 11.1 Å². The van der Waals surface area contributed by atoms with Gasteiger partial charge >= 0.3 is 0 Å². The zero-order valence-corrected chi connectivity index (χ0v) is 16.8. The molecule has 2 aromatic carbocycles. The molecule has 0 radical (unpaired) electrons. The van der Waals surface area contributed by atoms with Crippen LogP contribution in [0.4, 0.5) is 0 Å². The topological polar surface area (TPSA) is 49.8 Å². The summed E-state index contributed by atoms with van der Waals surface area (Å²) in [4.78, 5) is 5.04. The first kappa shape index (κ1) is 18.1. The molecule has 0 bridgehead atoms. The van der Waals surface area contributed by atoms with Crippen molar-refractivity contribution in [3.05, 3.63) is 75.3 Å². The summed E-state index contributed by atoms with van der Waals surface area (Å²) in [6, 6.07) is 18.9. The zero-order chi connectivity index (χ0) is 18.8. The van der Waals surface area contributed by atoms with Crippen molar-refractivity contribution in [2.45, 2.75) is 4.34 Å². The van der Waals surface area contributed by atoms with Crippen LogP contribution in [0.15, 0.2) is 68.3 Å². The number of para-hydroxylation sites is 1. The lowest BCUT2D eigenvalue weighted by atomic mass is 10.2. The minimum absolute atomic E-state index is 0.493. The van der Waals surface area contributed by atoms with Crippen molar-refractivity contribution in [2.75, 3.05) is 0 Å². The van der Waals surface area contributed by atoms with Gasteiger partial charge in [-0.05, 0) is 54.2 Å². The Balaban J connectivity index is 1.61. The van der Waals surface area contributed by atoms with Crippen molar-refractivity contribution in [1.29, 1.82) is 5.26 Å². The van der Waals surface area contributed by atoms with Gasteiger partial charge in [0, 0.05) is 16.7 Å². The van der Waals surface area contributed by atoms with E-state index in [-0.39, 0.29) is 0 Å². The third-order valence-corrected chi connectivity index (χ3v) is 6.27. The number of hydrogen-bond donors (Lipinski definition) is 0. The molecule has 0 saturated carbocycles. The van der Waals surface area contributed by atoms with Gasteiger partial charge in [-0.3, -0.25) is 0 Å². The number of thioether (sulfide) groups is 1. The molecular formula is C20H10Cl2N2OS2. The molecule has 2 heterocycles. The molecule has 0 spiro atoms. The second-order valence-electron chi connectivity index (χ2n) is 5.50. The van der Waals surface area contributed by atoms with Crippen molar-refractivity contribution in [3.8, 4) is 17.4 Å². The van der Waals surface area contributed by atoms with Crippen LogP contribution in [0.3, 0.4) is 0 Å². The molecule has 0 aliphatic heterocycles. The summed E-state index contributed by atoms with van der Waals surface area (Å²) in [6.45, 7) is 0. The molecule has 3 nitrogen and oxygen atoms in total. The van der Waals surface area contributed by atoms with Gasteiger partial charge in [0.15, 0.2) is 4.34 Å². The highest BCUT2D eigenvalue weighted by molar-refractivity contribution is 8.05. The summed E-state index contributed by atoms with van der Waals surface area (Å²) in [5.41, 5.74) is 1.64. The summed E-state index contributed by atoms with van der Waals surface area (Å²) < 4.78 is 7.74. The standard InChI is InChI=1S/C20H10Cl2N2OS2/c21-12-5-7-16(22)15(9-12)18-8-6-13(25-18)10-14(11-23)26-20-24-17-3-1-2-4-19(17)27-20/h1-10H. The Hall–Kier alpha value is -2.23. The average molecular weight is 429 g/mol. The fourth-order valence-electron chi connectivity index (χ4n) is 2.46. The van der Waals surface area contributed by atoms with Gasteiger partial charge in [0.1, 0.15) is 17.6 Å². The number of allylic oxidation sites excluding steroid dienone is 1. The number of nitrogens with zero attached hydrogens (tertiary/aromatic N) is 2. The van der Waals surface area contributed by atoms with E-state index in [9.17, 15) is 5.26 Å². The predicted octanol–water partition coefficient (Wildman–Crippen LogP) is 7.52. The number of nitriles is 1. The Labute approximate surface area is 173 Å². The molecule has 4 rings (SSSR count). The van der Waals surface area contributed by atoms with Crippen LogP contribution in [0.25, 0.3) is 27.6 Å². The van der Waals surface area contributed by atoms with E-state index in [0.717, 1.165) is 14.6 Å². The molecule has 27 heavy (non-hydrogen) atoms. The number of thiazole rings is 1. The Kier molecular flexibility index (Phi) is 5.24. The van der Waals surface area contributed by atoms with Crippen LogP contribution in [-0.4, -0.2) is 4.98 Å². The van der Waals surface area contributed by atoms with E-state index in [1.807, 2.05) is 24.3 Å². The molecule has 7 heteroatoms. The monoisotopic (exact) mass is 428 g/mol. The Morgan fingerprint density at radius 1 is 1.15 bits per heavy atom. The third-order valence-electron chi connectivity index (χ3n) is 3.68. The molecule has 0 amide bonds. The van der Waals surface area contributed by atoms with Gasteiger partial charge in [-0.2, -0.15) is 5.26 Å².